The highest BCUT2D eigenvalue weighted by atomic mass is 79.9. The molecular formula is C13H15Br2Cl. The average Bonchev–Trinajstić information content (AvgIpc) is 2.29. The van der Waals surface area contributed by atoms with Gasteiger partial charge in [0.25, 0.3) is 0 Å². The second-order valence-electron chi connectivity index (χ2n) is 5.26. The van der Waals surface area contributed by atoms with Crippen LogP contribution in [0, 0.1) is 5.41 Å². The van der Waals surface area contributed by atoms with Gasteiger partial charge in [-0.25, -0.2) is 0 Å². The van der Waals surface area contributed by atoms with Gasteiger partial charge in [0.05, 0.1) is 5.38 Å². The Balaban J connectivity index is 2.52. The molecule has 1 atom stereocenters. The number of fused-ring (bicyclic) bond motifs is 1. The minimum Gasteiger partial charge on any atom is -0.118 e. The van der Waals surface area contributed by atoms with Gasteiger partial charge in [-0.05, 0) is 47.9 Å². The molecule has 0 fully saturated rings. The molecule has 0 saturated heterocycles. The zero-order valence-corrected chi connectivity index (χ0v) is 13.4. The predicted octanol–water partition coefficient (Wildman–Crippen LogP) is 5.85. The highest BCUT2D eigenvalue weighted by Crippen LogP contribution is 2.46. The first-order chi connectivity index (χ1) is 7.41. The van der Waals surface area contributed by atoms with Crippen molar-refractivity contribution in [3.63, 3.8) is 0 Å². The van der Waals surface area contributed by atoms with Gasteiger partial charge in [-0.3, -0.25) is 0 Å². The molecule has 1 aromatic carbocycles. The van der Waals surface area contributed by atoms with E-state index in [4.69, 9.17) is 11.6 Å². The molecule has 0 bridgehead atoms. The summed E-state index contributed by atoms with van der Waals surface area (Å²) in [7, 11) is 0. The van der Waals surface area contributed by atoms with Crippen molar-refractivity contribution in [3.05, 3.63) is 32.2 Å². The Kier molecular flexibility index (Phi) is 3.73. The maximum Gasteiger partial charge on any atom is 0.0604 e. The summed E-state index contributed by atoms with van der Waals surface area (Å²) in [5.74, 6) is 0. The second-order valence-corrected chi connectivity index (χ2v) is 7.49. The summed E-state index contributed by atoms with van der Waals surface area (Å²) in [6.45, 7) is 4.60. The Hall–Kier alpha value is 0.470. The number of rotatable bonds is 0. The van der Waals surface area contributed by atoms with Gasteiger partial charge in [0.2, 0.25) is 0 Å². The van der Waals surface area contributed by atoms with Gasteiger partial charge in [0.15, 0.2) is 0 Å². The third-order valence-corrected chi connectivity index (χ3v) is 5.15. The summed E-state index contributed by atoms with van der Waals surface area (Å²) >= 11 is 13.8. The predicted molar refractivity (Wildman–Crippen MR) is 77.2 cm³/mol. The van der Waals surface area contributed by atoms with E-state index < -0.39 is 0 Å². The summed E-state index contributed by atoms with van der Waals surface area (Å²) in [6, 6.07) is 4.18. The lowest BCUT2D eigenvalue weighted by molar-refractivity contribution is 0.313. The molecule has 1 unspecified atom stereocenters. The van der Waals surface area contributed by atoms with Crippen molar-refractivity contribution in [2.24, 2.45) is 5.41 Å². The van der Waals surface area contributed by atoms with Crippen LogP contribution in [0.25, 0.3) is 0 Å². The molecule has 0 saturated carbocycles. The minimum absolute atomic E-state index is 0.111. The van der Waals surface area contributed by atoms with Gasteiger partial charge in [-0.2, -0.15) is 0 Å². The molecule has 1 aliphatic carbocycles. The Morgan fingerprint density at radius 2 is 1.88 bits per heavy atom. The molecule has 0 amide bonds. The van der Waals surface area contributed by atoms with E-state index in [2.05, 4.69) is 57.8 Å². The first-order valence-electron chi connectivity index (χ1n) is 5.51. The average molecular weight is 367 g/mol. The van der Waals surface area contributed by atoms with E-state index >= 15 is 0 Å². The molecule has 0 N–H and O–H groups in total. The quantitative estimate of drug-likeness (QED) is 0.399. The molecule has 2 rings (SSSR count). The maximum absolute atomic E-state index is 6.56. The van der Waals surface area contributed by atoms with Crippen LogP contribution in [0.2, 0.25) is 0 Å². The second kappa shape index (κ2) is 4.62. The largest absolute Gasteiger partial charge is 0.118 e. The van der Waals surface area contributed by atoms with Gasteiger partial charge in [-0.15, -0.1) is 11.6 Å². The van der Waals surface area contributed by atoms with Crippen molar-refractivity contribution >= 4 is 43.5 Å². The van der Waals surface area contributed by atoms with Crippen LogP contribution in [-0.4, -0.2) is 0 Å². The van der Waals surface area contributed by atoms with Crippen molar-refractivity contribution in [1.29, 1.82) is 0 Å². The summed E-state index contributed by atoms with van der Waals surface area (Å²) in [5.41, 5.74) is 2.98. The summed E-state index contributed by atoms with van der Waals surface area (Å²) in [4.78, 5) is 0. The summed E-state index contributed by atoms with van der Waals surface area (Å²) in [6.07, 6.45) is 3.33. The summed E-state index contributed by atoms with van der Waals surface area (Å²) < 4.78 is 2.33. The Morgan fingerprint density at radius 3 is 2.56 bits per heavy atom. The number of benzene rings is 1. The fourth-order valence-corrected chi connectivity index (χ4v) is 4.35. The number of hydrogen-bond donors (Lipinski definition) is 0. The van der Waals surface area contributed by atoms with E-state index in [1.165, 1.54) is 22.0 Å². The van der Waals surface area contributed by atoms with Crippen LogP contribution in [0.5, 0.6) is 0 Å². The maximum atomic E-state index is 6.56. The van der Waals surface area contributed by atoms with Gasteiger partial charge in [-0.1, -0.05) is 45.7 Å². The molecule has 0 aromatic heterocycles. The van der Waals surface area contributed by atoms with Crippen LogP contribution in [-0.2, 0) is 6.42 Å². The molecule has 0 spiro atoms. The van der Waals surface area contributed by atoms with Crippen LogP contribution in [0.15, 0.2) is 21.1 Å². The monoisotopic (exact) mass is 364 g/mol. The Bertz CT molecular complexity index is 413. The fraction of sp³-hybridized carbons (Fsp3) is 0.538. The van der Waals surface area contributed by atoms with Gasteiger partial charge >= 0.3 is 0 Å². The van der Waals surface area contributed by atoms with E-state index in [-0.39, 0.29) is 5.38 Å². The van der Waals surface area contributed by atoms with Crippen LogP contribution in [0.3, 0.4) is 0 Å². The Morgan fingerprint density at radius 1 is 1.25 bits per heavy atom. The third-order valence-electron chi connectivity index (χ3n) is 3.34. The lowest BCUT2D eigenvalue weighted by Gasteiger charge is -2.23. The van der Waals surface area contributed by atoms with E-state index in [9.17, 15) is 0 Å². The molecular weight excluding hydrogens is 351 g/mol. The van der Waals surface area contributed by atoms with Gasteiger partial charge in [0, 0.05) is 8.95 Å². The summed E-state index contributed by atoms with van der Waals surface area (Å²) in [5, 5.41) is 0.111. The smallest absolute Gasteiger partial charge is 0.0604 e. The minimum atomic E-state index is 0.111. The molecule has 0 heterocycles. The van der Waals surface area contributed by atoms with E-state index in [0.717, 1.165) is 17.3 Å². The molecule has 1 aliphatic rings. The van der Waals surface area contributed by atoms with Crippen molar-refractivity contribution in [1.82, 2.24) is 0 Å². The molecule has 3 heteroatoms. The standard InChI is InChI=1S/C13H15Br2Cl/c1-13(2)6-5-8-9(14)3-4-10(15)12(8)11(16)7-13/h3-4,11H,5-7H2,1-2H3. The van der Waals surface area contributed by atoms with Crippen molar-refractivity contribution in [3.8, 4) is 0 Å². The topological polar surface area (TPSA) is 0 Å². The van der Waals surface area contributed by atoms with Crippen LogP contribution in [0.4, 0.5) is 0 Å². The fourth-order valence-electron chi connectivity index (χ4n) is 2.35. The zero-order chi connectivity index (χ0) is 11.9. The third kappa shape index (κ3) is 2.49. The first-order valence-corrected chi connectivity index (χ1v) is 7.54. The van der Waals surface area contributed by atoms with E-state index in [1.807, 2.05) is 0 Å². The van der Waals surface area contributed by atoms with Gasteiger partial charge in [0.1, 0.15) is 0 Å². The molecule has 0 aliphatic heterocycles. The van der Waals surface area contributed by atoms with Gasteiger partial charge < -0.3 is 0 Å². The van der Waals surface area contributed by atoms with Crippen molar-refractivity contribution in [2.45, 2.75) is 38.5 Å². The number of alkyl halides is 1. The van der Waals surface area contributed by atoms with Crippen molar-refractivity contribution in [2.75, 3.05) is 0 Å². The number of halogens is 3. The SMILES string of the molecule is CC1(C)CCc2c(Br)ccc(Br)c2C(Cl)C1. The molecule has 88 valence electrons. The van der Waals surface area contributed by atoms with Crippen LogP contribution >= 0.6 is 43.5 Å². The lowest BCUT2D eigenvalue weighted by atomic mass is 9.84. The molecule has 1 aromatic rings. The highest BCUT2D eigenvalue weighted by Gasteiger charge is 2.30. The van der Waals surface area contributed by atoms with E-state index in [0.29, 0.717) is 5.41 Å². The normalized spacial score (nSPS) is 23.7. The van der Waals surface area contributed by atoms with Crippen LogP contribution in [0.1, 0.15) is 43.2 Å². The molecule has 0 nitrogen and oxygen atoms in total. The zero-order valence-electron chi connectivity index (χ0n) is 9.49. The van der Waals surface area contributed by atoms with E-state index in [1.54, 1.807) is 0 Å². The van der Waals surface area contributed by atoms with Crippen LogP contribution < -0.4 is 0 Å². The molecule has 0 radical (unpaired) electrons. The number of hydrogen-bond acceptors (Lipinski definition) is 0. The lowest BCUT2D eigenvalue weighted by Crippen LogP contribution is -2.11. The first kappa shape index (κ1) is 12.9. The highest BCUT2D eigenvalue weighted by molar-refractivity contribution is 9.11. The molecule has 16 heavy (non-hydrogen) atoms. The Labute approximate surface area is 119 Å². The van der Waals surface area contributed by atoms with Crippen molar-refractivity contribution < 1.29 is 0 Å².